The van der Waals surface area contributed by atoms with Crippen LogP contribution in [-0.2, 0) is 14.7 Å². The Morgan fingerprint density at radius 1 is 1.30 bits per heavy atom. The molecule has 0 heterocycles. The molecule has 0 aromatic heterocycles. The second kappa shape index (κ2) is 2.40. The first kappa shape index (κ1) is 9.73. The van der Waals surface area contributed by atoms with Gasteiger partial charge in [0.15, 0.2) is 0 Å². The maximum atomic E-state index is 9.89. The van der Waals surface area contributed by atoms with Crippen molar-refractivity contribution in [1.82, 2.24) is 0 Å². The zero-order valence-corrected chi connectivity index (χ0v) is 6.04. The highest BCUT2D eigenvalue weighted by molar-refractivity contribution is 8.15. The molecule has 0 saturated carbocycles. The van der Waals surface area contributed by atoms with E-state index in [4.69, 9.17) is 14.3 Å². The Hall–Kier alpha value is -0.270. The quantitative estimate of drug-likeness (QED) is 0.363. The summed E-state index contributed by atoms with van der Waals surface area (Å²) in [7, 11) is -10.6. The molecule has 0 radical (unpaired) electrons. The summed E-state index contributed by atoms with van der Waals surface area (Å²) in [5, 5.41) is 0. The lowest BCUT2D eigenvalue weighted by molar-refractivity contribution is 0.261. The molecule has 0 rings (SSSR count). The Labute approximate surface area is 55.6 Å². The van der Waals surface area contributed by atoms with Crippen LogP contribution in [0.25, 0.3) is 0 Å². The summed E-state index contributed by atoms with van der Waals surface area (Å²) < 4.78 is 36.9. The monoisotopic (exact) mass is 190 g/mol. The highest BCUT2D eigenvalue weighted by atomic mass is 32.2. The summed E-state index contributed by atoms with van der Waals surface area (Å²) in [6, 6.07) is 0. The molecule has 0 spiro atoms. The van der Waals surface area contributed by atoms with Gasteiger partial charge in [-0.2, -0.15) is 8.42 Å². The van der Waals surface area contributed by atoms with Gasteiger partial charge < -0.3 is 9.79 Å². The van der Waals surface area contributed by atoms with Crippen molar-refractivity contribution in [2.75, 3.05) is 0 Å². The number of hydrogen-bond acceptors (Lipinski definition) is 4. The van der Waals surface area contributed by atoms with Crippen LogP contribution >= 0.6 is 7.60 Å². The van der Waals surface area contributed by atoms with Gasteiger partial charge in [0.1, 0.15) is 0 Å². The molecule has 0 fully saturated rings. The predicted molar refractivity (Wildman–Crippen MR) is 29.0 cm³/mol. The van der Waals surface area contributed by atoms with Crippen LogP contribution in [0.2, 0.25) is 0 Å². The molecule has 60 valence electrons. The van der Waals surface area contributed by atoms with E-state index in [-0.39, 0.29) is 0 Å². The molecule has 0 amide bonds. The van der Waals surface area contributed by atoms with Crippen molar-refractivity contribution in [1.29, 1.82) is 0 Å². The molecule has 0 aliphatic rings. The standard InChI is InChI=1S/CH3O7PS/c2-1(9(3,4)5)10(6,7)8/h(H2,3,4,5)(H,6,7,8). The largest absolute Gasteiger partial charge is 0.410 e. The molecule has 0 aromatic rings. The number of carbonyl (C=O) groups excluding carboxylic acids is 1. The Bertz CT molecular complexity index is 279. The number of carbonyl (C=O) groups is 1. The molecule has 9 heteroatoms. The van der Waals surface area contributed by atoms with Crippen molar-refractivity contribution in [3.05, 3.63) is 0 Å². The second-order valence-electron chi connectivity index (χ2n) is 1.29. The molecular weight excluding hydrogens is 187 g/mol. The Morgan fingerprint density at radius 3 is 1.60 bits per heavy atom. The summed E-state index contributed by atoms with van der Waals surface area (Å²) in [4.78, 5) is 23.1. The third-order valence-electron chi connectivity index (χ3n) is 0.459. The lowest BCUT2D eigenvalue weighted by Gasteiger charge is -1.96. The maximum absolute atomic E-state index is 9.89. The first-order valence-corrected chi connectivity index (χ1v) is 4.78. The Balaban J connectivity index is 4.95. The highest BCUT2D eigenvalue weighted by Gasteiger charge is 2.36. The van der Waals surface area contributed by atoms with E-state index in [2.05, 4.69) is 0 Å². The number of hydrogen-bond donors (Lipinski definition) is 3. The van der Waals surface area contributed by atoms with Crippen LogP contribution in [-0.4, -0.2) is 27.6 Å². The summed E-state index contributed by atoms with van der Waals surface area (Å²) in [6.45, 7) is 0. The van der Waals surface area contributed by atoms with Crippen LogP contribution in [0.1, 0.15) is 0 Å². The van der Waals surface area contributed by atoms with Gasteiger partial charge in [-0.05, 0) is 0 Å². The molecule has 0 aliphatic heterocycles. The first-order valence-electron chi connectivity index (χ1n) is 1.73. The van der Waals surface area contributed by atoms with Crippen LogP contribution in [0.3, 0.4) is 0 Å². The van der Waals surface area contributed by atoms with Crippen LogP contribution in [0.5, 0.6) is 0 Å². The molecule has 0 bridgehead atoms. The molecule has 10 heavy (non-hydrogen) atoms. The van der Waals surface area contributed by atoms with Crippen molar-refractivity contribution in [3.8, 4) is 0 Å². The molecule has 0 saturated heterocycles. The summed E-state index contributed by atoms with van der Waals surface area (Å²) in [5.74, 6) is 0. The second-order valence-corrected chi connectivity index (χ2v) is 4.40. The van der Waals surface area contributed by atoms with E-state index in [1.807, 2.05) is 0 Å². The molecule has 0 atom stereocenters. The third-order valence-corrected chi connectivity index (χ3v) is 2.78. The lowest BCUT2D eigenvalue weighted by atomic mass is 11.8. The van der Waals surface area contributed by atoms with Gasteiger partial charge in [0.05, 0.1) is 0 Å². The molecule has 7 nitrogen and oxygen atoms in total. The fourth-order valence-corrected chi connectivity index (χ4v) is 1.35. The summed E-state index contributed by atoms with van der Waals surface area (Å²) in [6.07, 6.45) is 0. The highest BCUT2D eigenvalue weighted by Crippen LogP contribution is 2.38. The average Bonchev–Trinajstić information content (AvgIpc) is 1.59. The van der Waals surface area contributed by atoms with Gasteiger partial charge in [-0.1, -0.05) is 0 Å². The summed E-state index contributed by atoms with van der Waals surface area (Å²) in [5.41, 5.74) is 0. The van der Waals surface area contributed by atoms with E-state index in [0.29, 0.717) is 0 Å². The van der Waals surface area contributed by atoms with E-state index in [0.717, 1.165) is 0 Å². The maximum Gasteiger partial charge on any atom is 0.410 e. The Morgan fingerprint density at radius 2 is 1.60 bits per heavy atom. The van der Waals surface area contributed by atoms with Crippen LogP contribution in [0.4, 0.5) is 4.79 Å². The van der Waals surface area contributed by atoms with Gasteiger partial charge in [-0.25, -0.2) is 0 Å². The van der Waals surface area contributed by atoms with Gasteiger partial charge in [-0.3, -0.25) is 13.9 Å². The van der Waals surface area contributed by atoms with E-state index in [1.54, 1.807) is 0 Å². The first-order chi connectivity index (χ1) is 4.15. The normalized spacial score (nSPS) is 13.1. The van der Waals surface area contributed by atoms with Crippen LogP contribution in [0, 0.1) is 0 Å². The number of rotatable bonds is 1. The predicted octanol–water partition coefficient (Wildman–Crippen LogP) is -0.828. The van der Waals surface area contributed by atoms with Crippen LogP contribution in [0.15, 0.2) is 0 Å². The molecule has 0 aliphatic carbocycles. The van der Waals surface area contributed by atoms with Gasteiger partial charge >= 0.3 is 22.6 Å². The molecule has 0 aromatic carbocycles. The van der Waals surface area contributed by atoms with Crippen molar-refractivity contribution in [2.24, 2.45) is 0 Å². The van der Waals surface area contributed by atoms with Crippen molar-refractivity contribution in [2.45, 2.75) is 0 Å². The van der Waals surface area contributed by atoms with Gasteiger partial charge in [0, 0.05) is 0 Å². The fraction of sp³-hybridized carbons (Fsp3) is 0. The van der Waals surface area contributed by atoms with E-state index in [9.17, 15) is 17.8 Å². The van der Waals surface area contributed by atoms with Gasteiger partial charge in [0.2, 0.25) is 0 Å². The Kier molecular flexibility index (Phi) is 2.34. The SMILES string of the molecule is O=C(P(=O)(O)O)S(=O)(=O)O. The van der Waals surface area contributed by atoms with E-state index < -0.39 is 22.6 Å². The minimum Gasteiger partial charge on any atom is -0.318 e. The minimum atomic E-state index is -5.36. The van der Waals surface area contributed by atoms with E-state index >= 15 is 0 Å². The van der Waals surface area contributed by atoms with Gasteiger partial charge in [0.25, 0.3) is 0 Å². The molecule has 0 unspecified atom stereocenters. The topological polar surface area (TPSA) is 129 Å². The minimum absolute atomic E-state index is 2.49. The zero-order chi connectivity index (χ0) is 8.58. The average molecular weight is 190 g/mol. The molecular formula is CH3O7PS. The van der Waals surface area contributed by atoms with Gasteiger partial charge in [-0.15, -0.1) is 0 Å². The van der Waals surface area contributed by atoms with Crippen LogP contribution < -0.4 is 0 Å². The van der Waals surface area contributed by atoms with Crippen molar-refractivity contribution >= 4 is 22.6 Å². The van der Waals surface area contributed by atoms with E-state index in [1.165, 1.54) is 0 Å². The fourth-order valence-electron chi connectivity index (χ4n) is 0.150. The van der Waals surface area contributed by atoms with Crippen molar-refractivity contribution < 1.29 is 32.1 Å². The zero-order valence-electron chi connectivity index (χ0n) is 4.33. The smallest absolute Gasteiger partial charge is 0.318 e. The lowest BCUT2D eigenvalue weighted by Crippen LogP contribution is -2.10. The van der Waals surface area contributed by atoms with Crippen molar-refractivity contribution in [3.63, 3.8) is 0 Å². The summed E-state index contributed by atoms with van der Waals surface area (Å²) >= 11 is 0. The molecule has 3 N–H and O–H groups in total. The third kappa shape index (κ3) is 2.54.